The summed E-state index contributed by atoms with van der Waals surface area (Å²) in [7, 11) is 0. The van der Waals surface area contributed by atoms with E-state index in [1.54, 1.807) is 12.1 Å². The van der Waals surface area contributed by atoms with Crippen molar-refractivity contribution >= 4 is 11.6 Å². The molecule has 1 heterocycles. The van der Waals surface area contributed by atoms with Gasteiger partial charge in [-0.2, -0.15) is 0 Å². The van der Waals surface area contributed by atoms with Crippen LogP contribution in [-0.4, -0.2) is 5.11 Å². The fourth-order valence-corrected chi connectivity index (χ4v) is 1.74. The van der Waals surface area contributed by atoms with Crippen molar-refractivity contribution in [3.63, 3.8) is 0 Å². The van der Waals surface area contributed by atoms with E-state index in [4.69, 9.17) is 16.0 Å². The minimum absolute atomic E-state index is 0.343. The zero-order valence-corrected chi connectivity index (χ0v) is 9.96. The molecule has 1 aromatic rings. The highest BCUT2D eigenvalue weighted by Gasteiger charge is 2.11. The van der Waals surface area contributed by atoms with Crippen LogP contribution in [0.2, 0.25) is 5.22 Å². The molecule has 1 rings (SSSR count). The molecule has 0 aromatic carbocycles. The predicted octanol–water partition coefficient (Wildman–Crippen LogP) is 4.33. The van der Waals surface area contributed by atoms with Gasteiger partial charge in [-0.25, -0.2) is 0 Å². The summed E-state index contributed by atoms with van der Waals surface area (Å²) in [6.07, 6.45) is 6.26. The molecule has 1 aromatic heterocycles. The van der Waals surface area contributed by atoms with Crippen LogP contribution in [0.1, 0.15) is 57.3 Å². The summed E-state index contributed by atoms with van der Waals surface area (Å²) in [5.74, 6) is 0.579. The summed E-state index contributed by atoms with van der Waals surface area (Å²) in [5.41, 5.74) is 0. The van der Waals surface area contributed by atoms with Crippen LogP contribution in [0.25, 0.3) is 0 Å². The second-order valence-corrected chi connectivity index (χ2v) is 4.23. The first-order valence-corrected chi connectivity index (χ1v) is 6.05. The Morgan fingerprint density at radius 3 is 2.60 bits per heavy atom. The number of hydrogen-bond acceptors (Lipinski definition) is 2. The van der Waals surface area contributed by atoms with E-state index in [2.05, 4.69) is 6.92 Å². The lowest BCUT2D eigenvalue weighted by Crippen LogP contribution is -1.95. The lowest BCUT2D eigenvalue weighted by atomic mass is 10.1. The van der Waals surface area contributed by atoms with Crippen molar-refractivity contribution < 1.29 is 9.52 Å². The molecule has 3 heteroatoms. The van der Waals surface area contributed by atoms with Gasteiger partial charge < -0.3 is 9.52 Å². The molecule has 0 amide bonds. The smallest absolute Gasteiger partial charge is 0.193 e. The Bertz CT molecular complexity index is 270. The van der Waals surface area contributed by atoms with Crippen LogP contribution in [-0.2, 0) is 0 Å². The maximum Gasteiger partial charge on any atom is 0.193 e. The van der Waals surface area contributed by atoms with Crippen molar-refractivity contribution in [2.24, 2.45) is 0 Å². The van der Waals surface area contributed by atoms with E-state index in [1.165, 1.54) is 25.7 Å². The first kappa shape index (κ1) is 12.6. The highest BCUT2D eigenvalue weighted by atomic mass is 35.5. The molecule has 0 radical (unpaired) electrons. The Kier molecular flexibility index (Phi) is 5.81. The van der Waals surface area contributed by atoms with Gasteiger partial charge in [-0.3, -0.25) is 0 Å². The molecule has 0 aliphatic rings. The first-order valence-electron chi connectivity index (χ1n) is 5.67. The van der Waals surface area contributed by atoms with Crippen molar-refractivity contribution in [1.29, 1.82) is 0 Å². The predicted molar refractivity (Wildman–Crippen MR) is 62.1 cm³/mol. The molecule has 0 spiro atoms. The van der Waals surface area contributed by atoms with Crippen LogP contribution in [0.5, 0.6) is 0 Å². The van der Waals surface area contributed by atoms with Crippen molar-refractivity contribution in [2.75, 3.05) is 0 Å². The van der Waals surface area contributed by atoms with Crippen LogP contribution in [0.4, 0.5) is 0 Å². The number of rotatable bonds is 7. The number of hydrogen-bond donors (Lipinski definition) is 1. The summed E-state index contributed by atoms with van der Waals surface area (Å²) >= 11 is 5.63. The van der Waals surface area contributed by atoms with E-state index >= 15 is 0 Å². The van der Waals surface area contributed by atoms with Crippen LogP contribution in [0, 0.1) is 0 Å². The summed E-state index contributed by atoms with van der Waals surface area (Å²) in [6, 6.07) is 3.40. The molecule has 0 aliphatic heterocycles. The second-order valence-electron chi connectivity index (χ2n) is 3.86. The van der Waals surface area contributed by atoms with Crippen molar-refractivity contribution in [1.82, 2.24) is 0 Å². The Hall–Kier alpha value is -0.470. The summed E-state index contributed by atoms with van der Waals surface area (Å²) in [4.78, 5) is 0. The van der Waals surface area contributed by atoms with Gasteiger partial charge >= 0.3 is 0 Å². The number of halogens is 1. The van der Waals surface area contributed by atoms with Gasteiger partial charge in [0.2, 0.25) is 0 Å². The van der Waals surface area contributed by atoms with Gasteiger partial charge in [0.1, 0.15) is 11.9 Å². The molecule has 0 saturated carbocycles. The molecule has 0 bridgehead atoms. The van der Waals surface area contributed by atoms with E-state index in [9.17, 15) is 5.11 Å². The van der Waals surface area contributed by atoms with Crippen LogP contribution < -0.4 is 0 Å². The molecule has 0 aliphatic carbocycles. The third-order valence-electron chi connectivity index (χ3n) is 2.50. The number of aliphatic hydroxyl groups is 1. The van der Waals surface area contributed by atoms with E-state index in [0.717, 1.165) is 12.8 Å². The average Bonchev–Trinajstić information content (AvgIpc) is 2.64. The van der Waals surface area contributed by atoms with Crippen LogP contribution >= 0.6 is 11.6 Å². The van der Waals surface area contributed by atoms with Gasteiger partial charge in [-0.05, 0) is 30.2 Å². The third kappa shape index (κ3) is 4.72. The molecule has 1 unspecified atom stereocenters. The minimum Gasteiger partial charge on any atom is -0.447 e. The molecule has 2 nitrogen and oxygen atoms in total. The van der Waals surface area contributed by atoms with Crippen molar-refractivity contribution in [3.05, 3.63) is 23.1 Å². The third-order valence-corrected chi connectivity index (χ3v) is 2.71. The van der Waals surface area contributed by atoms with E-state index in [-0.39, 0.29) is 0 Å². The normalized spacial score (nSPS) is 13.0. The summed E-state index contributed by atoms with van der Waals surface area (Å²) in [5, 5.41) is 10.1. The highest BCUT2D eigenvalue weighted by molar-refractivity contribution is 6.28. The fourth-order valence-electron chi connectivity index (χ4n) is 1.59. The lowest BCUT2D eigenvalue weighted by molar-refractivity contribution is 0.137. The average molecular weight is 231 g/mol. The van der Waals surface area contributed by atoms with E-state index in [0.29, 0.717) is 11.0 Å². The van der Waals surface area contributed by atoms with Crippen molar-refractivity contribution in [3.8, 4) is 0 Å². The fraction of sp³-hybridized carbons (Fsp3) is 0.667. The molecular formula is C12H19ClO2. The standard InChI is InChI=1S/C12H19ClO2/c1-2-3-4-5-6-7-10(14)11-8-9-12(13)15-11/h8-10,14H,2-7H2,1H3. The monoisotopic (exact) mass is 230 g/mol. The molecule has 1 N–H and O–H groups in total. The van der Waals surface area contributed by atoms with Gasteiger partial charge in [-0.1, -0.05) is 39.0 Å². The zero-order chi connectivity index (χ0) is 11.1. The van der Waals surface area contributed by atoms with E-state index in [1.807, 2.05) is 0 Å². The first-order chi connectivity index (χ1) is 7.24. The van der Waals surface area contributed by atoms with Gasteiger partial charge in [0, 0.05) is 0 Å². The molecule has 15 heavy (non-hydrogen) atoms. The maximum absolute atomic E-state index is 9.74. The zero-order valence-electron chi connectivity index (χ0n) is 9.21. The van der Waals surface area contributed by atoms with Gasteiger partial charge in [0.25, 0.3) is 0 Å². The Balaban J connectivity index is 2.16. The Labute approximate surface area is 96.2 Å². The molecule has 1 atom stereocenters. The highest BCUT2D eigenvalue weighted by Crippen LogP contribution is 2.24. The van der Waals surface area contributed by atoms with Gasteiger partial charge in [-0.15, -0.1) is 0 Å². The SMILES string of the molecule is CCCCCCCC(O)c1ccc(Cl)o1. The summed E-state index contributed by atoms with van der Waals surface area (Å²) < 4.78 is 5.14. The van der Waals surface area contributed by atoms with Gasteiger partial charge in [0.15, 0.2) is 5.22 Å². The van der Waals surface area contributed by atoms with Crippen LogP contribution in [0.3, 0.4) is 0 Å². The second kappa shape index (κ2) is 6.91. The molecule has 86 valence electrons. The quantitative estimate of drug-likeness (QED) is 0.708. The largest absolute Gasteiger partial charge is 0.447 e. The molecular weight excluding hydrogens is 212 g/mol. The van der Waals surface area contributed by atoms with Crippen molar-refractivity contribution in [2.45, 2.75) is 51.6 Å². The lowest BCUT2D eigenvalue weighted by Gasteiger charge is -2.06. The molecule has 0 fully saturated rings. The minimum atomic E-state index is -0.501. The topological polar surface area (TPSA) is 33.4 Å². The van der Waals surface area contributed by atoms with Gasteiger partial charge in [0.05, 0.1) is 0 Å². The number of furan rings is 1. The Morgan fingerprint density at radius 2 is 2.00 bits per heavy atom. The summed E-state index contributed by atoms with van der Waals surface area (Å²) in [6.45, 7) is 2.19. The Morgan fingerprint density at radius 1 is 1.27 bits per heavy atom. The van der Waals surface area contributed by atoms with Crippen LogP contribution in [0.15, 0.2) is 16.5 Å². The number of unbranched alkanes of at least 4 members (excludes halogenated alkanes) is 4. The molecule has 0 saturated heterocycles. The maximum atomic E-state index is 9.74. The van der Waals surface area contributed by atoms with E-state index < -0.39 is 6.10 Å². The number of aliphatic hydroxyl groups excluding tert-OH is 1.